The second-order valence-electron chi connectivity index (χ2n) is 19.4. The summed E-state index contributed by atoms with van der Waals surface area (Å²) in [5, 5.41) is 9.91. The third-order valence-electron chi connectivity index (χ3n) is 13.3. The first kappa shape index (κ1) is 37.9. The number of thiophene rings is 1. The van der Waals surface area contributed by atoms with Crippen LogP contribution in [-0.2, 0) is 10.8 Å². The van der Waals surface area contributed by atoms with E-state index < -0.39 is 0 Å². The average molecular weight is 831 g/mol. The van der Waals surface area contributed by atoms with Crippen LogP contribution in [0.15, 0.2) is 168 Å². The van der Waals surface area contributed by atoms with E-state index >= 15 is 0 Å². The van der Waals surface area contributed by atoms with Crippen LogP contribution in [0.1, 0.15) is 52.7 Å². The zero-order valence-electron chi connectivity index (χ0n) is 36.6. The maximum Gasteiger partial charge on any atom is 0.198 e. The predicted molar refractivity (Wildman–Crippen MR) is 273 cm³/mol. The van der Waals surface area contributed by atoms with Gasteiger partial charge in [0.1, 0.15) is 11.2 Å². The standard InChI is InChI=1S/C58H47BN2OS/c1-57(2,3)36-21-24-38(25-22-36)60-47-28-23-37(58(4,5)6)29-42(47)40-26-27-41-43-32-51-44(39-19-13-14-20-50(39)62-51)30-48(43)61-49-31-45-52(33-46(49)59-54(40)55(41)61)63-56(35-17-11-8-12-18-35)53(45)34-15-9-7-10-16-34/h7-33,59-60H,1-6H3. The zero-order chi connectivity index (χ0) is 42.8. The molecule has 63 heavy (non-hydrogen) atoms. The Morgan fingerprint density at radius 3 is 1.98 bits per heavy atom. The molecule has 0 unspecified atom stereocenters. The summed E-state index contributed by atoms with van der Waals surface area (Å²) in [5.41, 5.74) is 19.4. The molecule has 0 spiro atoms. The summed E-state index contributed by atoms with van der Waals surface area (Å²) in [4.78, 5) is 1.30. The predicted octanol–water partition coefficient (Wildman–Crippen LogP) is 14.9. The Morgan fingerprint density at radius 1 is 0.540 bits per heavy atom. The lowest BCUT2D eigenvalue weighted by atomic mass is 9.59. The van der Waals surface area contributed by atoms with Gasteiger partial charge in [-0.05, 0) is 98.7 Å². The Bertz CT molecular complexity index is 3620. The minimum Gasteiger partial charge on any atom is -0.456 e. The molecule has 1 aliphatic rings. The molecule has 0 saturated heterocycles. The van der Waals surface area contributed by atoms with Crippen LogP contribution in [0, 0.1) is 0 Å². The number of rotatable bonds is 5. The van der Waals surface area contributed by atoms with E-state index in [2.05, 4.69) is 215 Å². The third-order valence-corrected chi connectivity index (χ3v) is 14.5. The molecule has 304 valence electrons. The molecule has 0 aliphatic carbocycles. The largest absolute Gasteiger partial charge is 0.456 e. The van der Waals surface area contributed by atoms with Crippen LogP contribution in [0.25, 0.3) is 92.2 Å². The van der Waals surface area contributed by atoms with Crippen LogP contribution in [0.4, 0.5) is 11.4 Å². The van der Waals surface area contributed by atoms with E-state index in [1.54, 1.807) is 0 Å². The number of para-hydroxylation sites is 1. The second kappa shape index (κ2) is 13.8. The van der Waals surface area contributed by atoms with Gasteiger partial charge < -0.3 is 14.3 Å². The van der Waals surface area contributed by atoms with Crippen molar-refractivity contribution in [2.75, 3.05) is 5.32 Å². The van der Waals surface area contributed by atoms with Gasteiger partial charge in [-0.25, -0.2) is 0 Å². The Kier molecular flexibility index (Phi) is 8.33. The summed E-state index contributed by atoms with van der Waals surface area (Å²) in [6.07, 6.45) is 0. The van der Waals surface area contributed by atoms with Crippen molar-refractivity contribution in [2.45, 2.75) is 52.4 Å². The molecular weight excluding hydrogens is 784 g/mol. The summed E-state index contributed by atoms with van der Waals surface area (Å²) in [5.74, 6) is 0. The van der Waals surface area contributed by atoms with E-state index in [0.717, 1.165) is 40.6 Å². The van der Waals surface area contributed by atoms with Crippen molar-refractivity contribution < 1.29 is 4.42 Å². The molecule has 3 nitrogen and oxygen atoms in total. The maximum atomic E-state index is 6.55. The zero-order valence-corrected chi connectivity index (χ0v) is 37.4. The lowest BCUT2D eigenvalue weighted by Crippen LogP contribution is -2.37. The highest BCUT2D eigenvalue weighted by molar-refractivity contribution is 7.23. The number of nitrogens with zero attached hydrogens (tertiary/aromatic N) is 1. The first-order chi connectivity index (χ1) is 30.5. The van der Waals surface area contributed by atoms with Crippen LogP contribution in [0.2, 0.25) is 0 Å². The van der Waals surface area contributed by atoms with E-state index in [9.17, 15) is 0 Å². The molecule has 4 heterocycles. The van der Waals surface area contributed by atoms with Gasteiger partial charge in [0.25, 0.3) is 0 Å². The van der Waals surface area contributed by atoms with E-state index in [1.807, 2.05) is 11.3 Å². The normalized spacial score (nSPS) is 12.7. The monoisotopic (exact) mass is 830 g/mol. The van der Waals surface area contributed by atoms with Crippen molar-refractivity contribution in [1.82, 2.24) is 4.57 Å². The van der Waals surface area contributed by atoms with Gasteiger partial charge in [0.2, 0.25) is 0 Å². The van der Waals surface area contributed by atoms with Crippen molar-refractivity contribution in [2.24, 2.45) is 0 Å². The van der Waals surface area contributed by atoms with Gasteiger partial charge in [0.15, 0.2) is 7.28 Å². The molecule has 0 fully saturated rings. The number of fused-ring (bicyclic) bond motifs is 9. The Balaban J connectivity index is 1.15. The first-order valence-electron chi connectivity index (χ1n) is 22.1. The fourth-order valence-electron chi connectivity index (χ4n) is 10.0. The molecule has 11 aromatic rings. The number of anilines is 2. The van der Waals surface area contributed by atoms with Crippen LogP contribution in [0.5, 0.6) is 0 Å². The van der Waals surface area contributed by atoms with E-state index in [0.29, 0.717) is 0 Å². The molecule has 8 aromatic carbocycles. The van der Waals surface area contributed by atoms with Gasteiger partial charge in [-0.15, -0.1) is 11.3 Å². The average Bonchev–Trinajstić information content (AvgIpc) is 3.95. The Labute approximate surface area is 372 Å². The maximum absolute atomic E-state index is 6.55. The van der Waals surface area contributed by atoms with Gasteiger partial charge in [-0.2, -0.15) is 0 Å². The Hall–Kier alpha value is -6.82. The summed E-state index contributed by atoms with van der Waals surface area (Å²) >= 11 is 1.91. The summed E-state index contributed by atoms with van der Waals surface area (Å²) in [6, 6.07) is 60.7. The quantitative estimate of drug-likeness (QED) is 0.175. The number of aromatic nitrogens is 1. The smallest absolute Gasteiger partial charge is 0.198 e. The summed E-state index contributed by atoms with van der Waals surface area (Å²) in [7, 11) is 0.812. The molecule has 0 atom stereocenters. The SMILES string of the molecule is CC(C)(C)c1ccc(Nc2ccc(C(C)(C)C)cc2-c2ccc3c4cc5oc6ccccc6c5cc4n4c3c2Bc2cc3sc(-c5ccccc5)c(-c5ccccc5)c3cc2-4)cc1. The second-order valence-corrected chi connectivity index (χ2v) is 20.5. The number of nitrogens with one attached hydrogen (secondary N) is 1. The van der Waals surface area contributed by atoms with Gasteiger partial charge >= 0.3 is 0 Å². The highest BCUT2D eigenvalue weighted by Gasteiger charge is 2.30. The molecule has 1 N–H and O–H groups in total. The van der Waals surface area contributed by atoms with Crippen molar-refractivity contribution >= 4 is 94.7 Å². The molecule has 0 saturated carbocycles. The van der Waals surface area contributed by atoms with Crippen LogP contribution < -0.4 is 16.2 Å². The highest BCUT2D eigenvalue weighted by atomic mass is 32.1. The van der Waals surface area contributed by atoms with Gasteiger partial charge in [-0.3, -0.25) is 0 Å². The molecule has 0 radical (unpaired) electrons. The molecule has 12 rings (SSSR count). The summed E-state index contributed by atoms with van der Waals surface area (Å²) < 4.78 is 10.4. The summed E-state index contributed by atoms with van der Waals surface area (Å²) in [6.45, 7) is 13.7. The highest BCUT2D eigenvalue weighted by Crippen LogP contribution is 2.47. The molecule has 3 aromatic heterocycles. The van der Waals surface area contributed by atoms with Crippen molar-refractivity contribution in [3.05, 3.63) is 175 Å². The van der Waals surface area contributed by atoms with Crippen molar-refractivity contribution in [3.63, 3.8) is 0 Å². The van der Waals surface area contributed by atoms with Crippen LogP contribution >= 0.6 is 11.3 Å². The van der Waals surface area contributed by atoms with Crippen LogP contribution in [-0.4, -0.2) is 11.8 Å². The van der Waals surface area contributed by atoms with Gasteiger partial charge in [0, 0.05) is 70.2 Å². The van der Waals surface area contributed by atoms with Crippen molar-refractivity contribution in [3.8, 4) is 38.4 Å². The van der Waals surface area contributed by atoms with Gasteiger partial charge in [0.05, 0.1) is 5.52 Å². The van der Waals surface area contributed by atoms with Gasteiger partial charge in [-0.1, -0.05) is 156 Å². The fourth-order valence-corrected chi connectivity index (χ4v) is 11.3. The number of hydrogen-bond acceptors (Lipinski definition) is 3. The molecule has 5 heteroatoms. The van der Waals surface area contributed by atoms with E-state index in [4.69, 9.17) is 4.42 Å². The topological polar surface area (TPSA) is 30.1 Å². The molecule has 1 aliphatic heterocycles. The number of hydrogen-bond donors (Lipinski definition) is 1. The number of benzene rings is 8. The molecular formula is C58H47BN2OS. The minimum absolute atomic E-state index is 0.0287. The number of furan rings is 1. The lowest BCUT2D eigenvalue weighted by molar-refractivity contribution is 0.590. The first-order valence-corrected chi connectivity index (χ1v) is 22.9. The van der Waals surface area contributed by atoms with Crippen LogP contribution in [0.3, 0.4) is 0 Å². The van der Waals surface area contributed by atoms with E-state index in [1.165, 1.54) is 92.3 Å². The van der Waals surface area contributed by atoms with Crippen molar-refractivity contribution in [1.29, 1.82) is 0 Å². The lowest BCUT2D eigenvalue weighted by Gasteiger charge is -2.26. The fraction of sp³-hybridized carbons (Fsp3) is 0.138. The minimum atomic E-state index is -0.0287. The molecule has 0 bridgehead atoms. The molecule has 0 amide bonds. The van der Waals surface area contributed by atoms with E-state index in [-0.39, 0.29) is 10.8 Å². The third kappa shape index (κ3) is 6.08. The Morgan fingerprint density at radius 2 is 1.24 bits per heavy atom.